The summed E-state index contributed by atoms with van der Waals surface area (Å²) in [6.45, 7) is 4.48. The maximum atomic E-state index is 5.88. The van der Waals surface area contributed by atoms with Crippen molar-refractivity contribution in [2.45, 2.75) is 38.2 Å². The van der Waals surface area contributed by atoms with Gasteiger partial charge in [-0.2, -0.15) is 0 Å². The second-order valence-corrected chi connectivity index (χ2v) is 5.45. The molecule has 1 heterocycles. The minimum atomic E-state index is 0.472. The van der Waals surface area contributed by atoms with Gasteiger partial charge in [-0.05, 0) is 37.6 Å². The van der Waals surface area contributed by atoms with Crippen molar-refractivity contribution in [2.24, 2.45) is 17.6 Å². The summed E-state index contributed by atoms with van der Waals surface area (Å²) in [7, 11) is 1.83. The van der Waals surface area contributed by atoms with Gasteiger partial charge in [0.15, 0.2) is 0 Å². The highest BCUT2D eigenvalue weighted by molar-refractivity contribution is 4.82. The van der Waals surface area contributed by atoms with Crippen LogP contribution in [0.15, 0.2) is 0 Å². The first-order valence-corrected chi connectivity index (χ1v) is 6.78. The Morgan fingerprint density at radius 3 is 2.56 bits per heavy atom. The Balaban J connectivity index is 1.79. The molecule has 0 aromatic rings. The molecular weight excluding hydrogens is 200 g/mol. The maximum absolute atomic E-state index is 5.88. The maximum Gasteiger partial charge on any atom is 0.0710 e. The highest BCUT2D eigenvalue weighted by Gasteiger charge is 2.29. The monoisotopic (exact) mass is 226 g/mol. The van der Waals surface area contributed by atoms with Gasteiger partial charge < -0.3 is 15.4 Å². The van der Waals surface area contributed by atoms with E-state index in [1.807, 2.05) is 7.11 Å². The predicted octanol–water partition coefficient (Wildman–Crippen LogP) is 1.47. The van der Waals surface area contributed by atoms with E-state index in [4.69, 9.17) is 10.5 Å². The molecule has 0 aromatic carbocycles. The Bertz CT molecular complexity index is 210. The van der Waals surface area contributed by atoms with Crippen LogP contribution in [0.2, 0.25) is 0 Å². The van der Waals surface area contributed by atoms with Gasteiger partial charge >= 0.3 is 0 Å². The fourth-order valence-corrected chi connectivity index (χ4v) is 3.32. The normalized spacial score (nSPS) is 36.8. The van der Waals surface area contributed by atoms with Crippen molar-refractivity contribution in [1.82, 2.24) is 4.90 Å². The number of nitrogens with two attached hydrogens (primary N) is 1. The smallest absolute Gasteiger partial charge is 0.0710 e. The lowest BCUT2D eigenvalue weighted by Crippen LogP contribution is -2.36. The van der Waals surface area contributed by atoms with Crippen molar-refractivity contribution in [3.8, 4) is 0 Å². The third-order valence-electron chi connectivity index (χ3n) is 4.42. The van der Waals surface area contributed by atoms with Crippen LogP contribution in [0.25, 0.3) is 0 Å². The molecule has 1 aliphatic carbocycles. The van der Waals surface area contributed by atoms with Crippen LogP contribution < -0.4 is 5.73 Å². The molecule has 3 nitrogen and oxygen atoms in total. The number of rotatable bonds is 4. The Kier molecular flexibility index (Phi) is 4.62. The molecule has 1 saturated carbocycles. The summed E-state index contributed by atoms with van der Waals surface area (Å²) in [6.07, 6.45) is 7.21. The molecule has 1 saturated heterocycles. The summed E-state index contributed by atoms with van der Waals surface area (Å²) in [4.78, 5) is 2.58. The minimum absolute atomic E-state index is 0.472. The van der Waals surface area contributed by atoms with Gasteiger partial charge in [-0.3, -0.25) is 0 Å². The average Bonchev–Trinajstić information content (AvgIpc) is 2.77. The minimum Gasteiger partial charge on any atom is -0.380 e. The van der Waals surface area contributed by atoms with Crippen molar-refractivity contribution in [2.75, 3.05) is 33.3 Å². The van der Waals surface area contributed by atoms with Gasteiger partial charge in [0.1, 0.15) is 0 Å². The van der Waals surface area contributed by atoms with E-state index >= 15 is 0 Å². The van der Waals surface area contributed by atoms with E-state index in [1.165, 1.54) is 45.2 Å². The average molecular weight is 226 g/mol. The molecule has 0 bridgehead atoms. The standard InChI is InChI=1S/C13H26N2O/c1-16-13-6-7-15(10-13)9-12-5-3-2-4-11(12)8-14/h11-13H,2-10,14H2,1H3. The second kappa shape index (κ2) is 5.99. The second-order valence-electron chi connectivity index (χ2n) is 5.45. The van der Waals surface area contributed by atoms with Crippen LogP contribution in [0.4, 0.5) is 0 Å². The van der Waals surface area contributed by atoms with Crippen LogP contribution >= 0.6 is 0 Å². The van der Waals surface area contributed by atoms with Gasteiger partial charge in [-0.1, -0.05) is 12.8 Å². The lowest BCUT2D eigenvalue weighted by Gasteiger charge is -2.33. The number of ether oxygens (including phenoxy) is 1. The van der Waals surface area contributed by atoms with Crippen molar-refractivity contribution >= 4 is 0 Å². The van der Waals surface area contributed by atoms with Crippen molar-refractivity contribution < 1.29 is 4.74 Å². The van der Waals surface area contributed by atoms with Crippen LogP contribution in [-0.2, 0) is 4.74 Å². The van der Waals surface area contributed by atoms with Gasteiger partial charge in [0.2, 0.25) is 0 Å². The van der Waals surface area contributed by atoms with Crippen molar-refractivity contribution in [1.29, 1.82) is 0 Å². The zero-order chi connectivity index (χ0) is 11.4. The summed E-state index contributed by atoms with van der Waals surface area (Å²) in [5, 5.41) is 0. The molecule has 0 amide bonds. The Hall–Kier alpha value is -0.120. The van der Waals surface area contributed by atoms with Gasteiger partial charge in [0.05, 0.1) is 6.10 Å². The molecule has 3 atom stereocenters. The van der Waals surface area contributed by atoms with Gasteiger partial charge in [-0.25, -0.2) is 0 Å². The highest BCUT2D eigenvalue weighted by atomic mass is 16.5. The lowest BCUT2D eigenvalue weighted by atomic mass is 9.79. The molecule has 3 unspecified atom stereocenters. The number of likely N-dealkylation sites (tertiary alicyclic amines) is 1. The van der Waals surface area contributed by atoms with E-state index in [0.717, 1.165) is 24.9 Å². The number of methoxy groups -OCH3 is 1. The SMILES string of the molecule is COC1CCN(CC2CCCCC2CN)C1. The van der Waals surface area contributed by atoms with E-state index in [1.54, 1.807) is 0 Å². The number of hydrogen-bond donors (Lipinski definition) is 1. The van der Waals surface area contributed by atoms with Crippen LogP contribution in [-0.4, -0.2) is 44.3 Å². The Morgan fingerprint density at radius 2 is 1.94 bits per heavy atom. The molecular formula is C13H26N2O. The largest absolute Gasteiger partial charge is 0.380 e. The molecule has 2 fully saturated rings. The van der Waals surface area contributed by atoms with Crippen LogP contribution in [0.1, 0.15) is 32.1 Å². The lowest BCUT2D eigenvalue weighted by molar-refractivity contribution is 0.0996. The first-order valence-electron chi connectivity index (χ1n) is 6.78. The van der Waals surface area contributed by atoms with Crippen LogP contribution in [0, 0.1) is 11.8 Å². The molecule has 2 rings (SSSR count). The molecule has 0 aromatic heterocycles. The third kappa shape index (κ3) is 2.96. The fourth-order valence-electron chi connectivity index (χ4n) is 3.32. The molecule has 0 radical (unpaired) electrons. The van der Waals surface area contributed by atoms with E-state index in [9.17, 15) is 0 Å². The Morgan fingerprint density at radius 1 is 1.19 bits per heavy atom. The number of hydrogen-bond acceptors (Lipinski definition) is 3. The summed E-state index contributed by atoms with van der Waals surface area (Å²) >= 11 is 0. The summed E-state index contributed by atoms with van der Waals surface area (Å²) in [6, 6.07) is 0. The van der Waals surface area contributed by atoms with Gasteiger partial charge in [0, 0.05) is 26.7 Å². The third-order valence-corrected chi connectivity index (χ3v) is 4.42. The van der Waals surface area contributed by atoms with Crippen LogP contribution in [0.3, 0.4) is 0 Å². The van der Waals surface area contributed by atoms with E-state index in [0.29, 0.717) is 6.10 Å². The first kappa shape index (κ1) is 12.3. The summed E-state index contributed by atoms with van der Waals surface area (Å²) in [5.74, 6) is 1.62. The molecule has 0 spiro atoms. The molecule has 94 valence electrons. The zero-order valence-corrected chi connectivity index (χ0v) is 10.5. The molecule has 1 aliphatic heterocycles. The van der Waals surface area contributed by atoms with Gasteiger partial charge in [-0.15, -0.1) is 0 Å². The molecule has 3 heteroatoms. The summed E-state index contributed by atoms with van der Waals surface area (Å²) < 4.78 is 5.42. The topological polar surface area (TPSA) is 38.5 Å². The summed E-state index contributed by atoms with van der Waals surface area (Å²) in [5.41, 5.74) is 5.88. The molecule has 2 N–H and O–H groups in total. The zero-order valence-electron chi connectivity index (χ0n) is 10.5. The molecule has 16 heavy (non-hydrogen) atoms. The number of nitrogens with zero attached hydrogens (tertiary/aromatic N) is 1. The van der Waals surface area contributed by atoms with E-state index in [-0.39, 0.29) is 0 Å². The predicted molar refractivity (Wildman–Crippen MR) is 66.4 cm³/mol. The van der Waals surface area contributed by atoms with Crippen LogP contribution in [0.5, 0.6) is 0 Å². The first-order chi connectivity index (χ1) is 7.83. The van der Waals surface area contributed by atoms with Crippen molar-refractivity contribution in [3.05, 3.63) is 0 Å². The highest BCUT2D eigenvalue weighted by Crippen LogP contribution is 2.30. The molecule has 2 aliphatic rings. The fraction of sp³-hybridized carbons (Fsp3) is 1.00. The van der Waals surface area contributed by atoms with E-state index in [2.05, 4.69) is 4.90 Å². The quantitative estimate of drug-likeness (QED) is 0.789. The Labute approximate surface area is 99.3 Å². The van der Waals surface area contributed by atoms with Gasteiger partial charge in [0.25, 0.3) is 0 Å². The van der Waals surface area contributed by atoms with Crippen molar-refractivity contribution in [3.63, 3.8) is 0 Å². The van der Waals surface area contributed by atoms with E-state index < -0.39 is 0 Å².